The van der Waals surface area contributed by atoms with E-state index >= 15 is 0 Å². The molecule has 0 aliphatic rings. The zero-order chi connectivity index (χ0) is 13.7. The van der Waals surface area contributed by atoms with Crippen molar-refractivity contribution in [3.05, 3.63) is 34.2 Å². The van der Waals surface area contributed by atoms with Gasteiger partial charge in [-0.25, -0.2) is 9.59 Å². The minimum Gasteiger partial charge on any atom is -0.480 e. The molecule has 1 aromatic rings. The fraction of sp³-hybridized carbons (Fsp3) is 0.364. The van der Waals surface area contributed by atoms with Crippen LogP contribution < -0.4 is 5.56 Å². The van der Waals surface area contributed by atoms with Crippen LogP contribution in [0.25, 0.3) is 0 Å². The maximum atomic E-state index is 11.6. The van der Waals surface area contributed by atoms with Crippen LogP contribution in [0, 0.1) is 0 Å². The summed E-state index contributed by atoms with van der Waals surface area (Å²) in [6.45, 7) is 0. The number of rotatable bonds is 6. The van der Waals surface area contributed by atoms with Gasteiger partial charge < -0.3 is 14.8 Å². The van der Waals surface area contributed by atoms with E-state index in [2.05, 4.69) is 0 Å². The normalized spacial score (nSPS) is 12.1. The van der Waals surface area contributed by atoms with Crippen LogP contribution in [0.3, 0.4) is 0 Å². The van der Waals surface area contributed by atoms with E-state index in [4.69, 9.17) is 10.2 Å². The predicted octanol–water partition coefficient (Wildman–Crippen LogP) is 0.925. The number of pyridine rings is 1. The molecule has 0 fully saturated rings. The molecular formula is C11H13NO5S. The number of thioether (sulfide) groups is 1. The van der Waals surface area contributed by atoms with Crippen molar-refractivity contribution in [2.24, 2.45) is 0 Å². The monoisotopic (exact) mass is 271 g/mol. The van der Waals surface area contributed by atoms with E-state index < -0.39 is 23.5 Å². The van der Waals surface area contributed by atoms with E-state index in [1.807, 2.05) is 6.26 Å². The second-order valence-corrected chi connectivity index (χ2v) is 4.59. The maximum absolute atomic E-state index is 11.6. The third kappa shape index (κ3) is 3.36. The van der Waals surface area contributed by atoms with Crippen LogP contribution in [-0.2, 0) is 4.79 Å². The van der Waals surface area contributed by atoms with Crippen molar-refractivity contribution >= 4 is 23.7 Å². The molecule has 0 aliphatic carbocycles. The van der Waals surface area contributed by atoms with Crippen molar-refractivity contribution in [3.8, 4) is 0 Å². The van der Waals surface area contributed by atoms with Gasteiger partial charge in [-0.05, 0) is 24.5 Å². The molecule has 0 saturated carbocycles. The average Bonchev–Trinajstić information content (AvgIpc) is 2.31. The first kappa shape index (κ1) is 14.3. The number of aliphatic carboxylic acids is 1. The summed E-state index contributed by atoms with van der Waals surface area (Å²) in [7, 11) is 0. The van der Waals surface area contributed by atoms with Crippen LogP contribution in [0.4, 0.5) is 0 Å². The van der Waals surface area contributed by atoms with Gasteiger partial charge in [-0.1, -0.05) is 0 Å². The Morgan fingerprint density at radius 3 is 2.56 bits per heavy atom. The third-order valence-corrected chi connectivity index (χ3v) is 3.05. The lowest BCUT2D eigenvalue weighted by molar-refractivity contribution is -0.141. The van der Waals surface area contributed by atoms with Crippen LogP contribution in [0.15, 0.2) is 23.1 Å². The topological polar surface area (TPSA) is 96.6 Å². The van der Waals surface area contributed by atoms with E-state index in [9.17, 15) is 14.4 Å². The second kappa shape index (κ2) is 6.25. The minimum atomic E-state index is -1.20. The van der Waals surface area contributed by atoms with Crippen LogP contribution in [0.5, 0.6) is 0 Å². The summed E-state index contributed by atoms with van der Waals surface area (Å²) in [6.07, 6.45) is 3.17. The Morgan fingerprint density at radius 1 is 1.39 bits per heavy atom. The van der Waals surface area contributed by atoms with E-state index in [0.717, 1.165) is 22.9 Å². The number of aromatic carboxylic acids is 1. The Morgan fingerprint density at radius 2 is 2.06 bits per heavy atom. The Kier molecular flexibility index (Phi) is 4.96. The quantitative estimate of drug-likeness (QED) is 0.798. The van der Waals surface area contributed by atoms with E-state index in [1.54, 1.807) is 0 Å². The van der Waals surface area contributed by atoms with Crippen LogP contribution >= 0.6 is 11.8 Å². The van der Waals surface area contributed by atoms with Crippen molar-refractivity contribution in [2.45, 2.75) is 12.5 Å². The van der Waals surface area contributed by atoms with E-state index in [-0.39, 0.29) is 12.0 Å². The molecule has 2 N–H and O–H groups in total. The molecule has 0 unspecified atom stereocenters. The van der Waals surface area contributed by atoms with Gasteiger partial charge in [0.1, 0.15) is 6.04 Å². The summed E-state index contributed by atoms with van der Waals surface area (Å²) in [5.74, 6) is -1.77. The SMILES string of the molecule is CSCC[C@H](C(=O)O)n1cc(C(=O)O)ccc1=O. The van der Waals surface area contributed by atoms with Gasteiger partial charge in [-0.15, -0.1) is 0 Å². The Balaban J connectivity index is 3.18. The summed E-state index contributed by atoms with van der Waals surface area (Å²) < 4.78 is 0.960. The Labute approximate surface area is 107 Å². The van der Waals surface area contributed by atoms with Crippen molar-refractivity contribution in [2.75, 3.05) is 12.0 Å². The third-order valence-electron chi connectivity index (χ3n) is 2.40. The summed E-state index contributed by atoms with van der Waals surface area (Å²) >= 11 is 1.46. The van der Waals surface area contributed by atoms with E-state index in [1.165, 1.54) is 11.8 Å². The first-order valence-electron chi connectivity index (χ1n) is 5.14. The second-order valence-electron chi connectivity index (χ2n) is 3.60. The van der Waals surface area contributed by atoms with Gasteiger partial charge in [0.2, 0.25) is 0 Å². The molecule has 0 amide bonds. The van der Waals surface area contributed by atoms with Gasteiger partial charge >= 0.3 is 11.9 Å². The number of carboxylic acid groups (broad SMARTS) is 2. The standard InChI is InChI=1S/C11H13NO5S/c1-18-5-4-8(11(16)17)12-6-7(10(14)15)2-3-9(12)13/h2-3,6,8H,4-5H2,1H3,(H,14,15)(H,16,17)/t8-/m1/s1. The fourth-order valence-electron chi connectivity index (χ4n) is 1.48. The van der Waals surface area contributed by atoms with Crippen LogP contribution in [-0.4, -0.2) is 38.7 Å². The zero-order valence-electron chi connectivity index (χ0n) is 9.70. The molecule has 6 nitrogen and oxygen atoms in total. The summed E-state index contributed by atoms with van der Waals surface area (Å²) in [5, 5.41) is 17.9. The average molecular weight is 271 g/mol. The summed E-state index contributed by atoms with van der Waals surface area (Å²) in [5.41, 5.74) is -0.626. The molecule has 1 atom stereocenters. The van der Waals surface area contributed by atoms with E-state index in [0.29, 0.717) is 5.75 Å². The first-order chi connectivity index (χ1) is 8.47. The smallest absolute Gasteiger partial charge is 0.337 e. The molecule has 0 radical (unpaired) electrons. The molecule has 0 bridgehead atoms. The highest BCUT2D eigenvalue weighted by molar-refractivity contribution is 7.98. The highest BCUT2D eigenvalue weighted by Gasteiger charge is 2.21. The van der Waals surface area contributed by atoms with Crippen LogP contribution in [0.1, 0.15) is 22.8 Å². The van der Waals surface area contributed by atoms with Crippen molar-refractivity contribution in [1.82, 2.24) is 4.57 Å². The van der Waals surface area contributed by atoms with Crippen molar-refractivity contribution < 1.29 is 19.8 Å². The molecule has 0 aromatic carbocycles. The van der Waals surface area contributed by atoms with Gasteiger partial charge in [0.05, 0.1) is 5.56 Å². The fourth-order valence-corrected chi connectivity index (χ4v) is 1.94. The first-order valence-corrected chi connectivity index (χ1v) is 6.54. The Hall–Kier alpha value is -1.76. The Bertz CT molecular complexity index is 510. The van der Waals surface area contributed by atoms with Crippen LogP contribution in [0.2, 0.25) is 0 Å². The molecule has 18 heavy (non-hydrogen) atoms. The van der Waals surface area contributed by atoms with Gasteiger partial charge in [-0.2, -0.15) is 11.8 Å². The number of carbonyl (C=O) groups is 2. The minimum absolute atomic E-state index is 0.106. The van der Waals surface area contributed by atoms with Crippen molar-refractivity contribution in [3.63, 3.8) is 0 Å². The summed E-state index contributed by atoms with van der Waals surface area (Å²) in [4.78, 5) is 33.5. The molecule has 7 heteroatoms. The molecule has 1 heterocycles. The number of hydrogen-bond donors (Lipinski definition) is 2. The predicted molar refractivity (Wildman–Crippen MR) is 67.3 cm³/mol. The summed E-state index contributed by atoms with van der Waals surface area (Å²) in [6, 6.07) is 1.19. The highest BCUT2D eigenvalue weighted by Crippen LogP contribution is 2.13. The number of nitrogens with zero attached hydrogens (tertiary/aromatic N) is 1. The molecule has 98 valence electrons. The molecule has 1 rings (SSSR count). The lowest BCUT2D eigenvalue weighted by atomic mass is 10.2. The number of carboxylic acids is 2. The zero-order valence-corrected chi connectivity index (χ0v) is 10.5. The highest BCUT2D eigenvalue weighted by atomic mass is 32.2. The maximum Gasteiger partial charge on any atom is 0.337 e. The lowest BCUT2D eigenvalue weighted by Crippen LogP contribution is -2.30. The number of hydrogen-bond acceptors (Lipinski definition) is 4. The van der Waals surface area contributed by atoms with Gasteiger partial charge in [0, 0.05) is 12.3 Å². The molecular weight excluding hydrogens is 258 g/mol. The van der Waals surface area contributed by atoms with Gasteiger partial charge in [0.25, 0.3) is 5.56 Å². The molecule has 0 aliphatic heterocycles. The molecule has 1 aromatic heterocycles. The lowest BCUT2D eigenvalue weighted by Gasteiger charge is -2.15. The molecule has 0 spiro atoms. The van der Waals surface area contributed by atoms with Gasteiger partial charge in [0.15, 0.2) is 0 Å². The van der Waals surface area contributed by atoms with Gasteiger partial charge in [-0.3, -0.25) is 4.79 Å². The van der Waals surface area contributed by atoms with Crippen molar-refractivity contribution in [1.29, 1.82) is 0 Å². The number of aromatic nitrogens is 1. The largest absolute Gasteiger partial charge is 0.480 e. The molecule has 0 saturated heterocycles.